The first-order valence-corrected chi connectivity index (χ1v) is 8.02. The van der Waals surface area contributed by atoms with E-state index in [9.17, 15) is 8.42 Å². The maximum absolute atomic E-state index is 12.2. The summed E-state index contributed by atoms with van der Waals surface area (Å²) < 4.78 is 32.1. The SMILES string of the molecule is CCC(NS(=O)(=O)c1ccc(Cl)cc1)c1n[nH]c(=S)o1. The zero-order valence-electron chi connectivity index (χ0n) is 10.5. The Hall–Kier alpha value is -1.22. The van der Waals surface area contributed by atoms with Crippen LogP contribution < -0.4 is 4.72 Å². The highest BCUT2D eigenvalue weighted by atomic mass is 35.5. The van der Waals surface area contributed by atoms with Crippen LogP contribution in [0.1, 0.15) is 25.3 Å². The second-order valence-electron chi connectivity index (χ2n) is 3.99. The van der Waals surface area contributed by atoms with Gasteiger partial charge in [-0.15, -0.1) is 5.10 Å². The van der Waals surface area contributed by atoms with Crippen LogP contribution in [0.25, 0.3) is 0 Å². The minimum atomic E-state index is -3.68. The Morgan fingerprint density at radius 3 is 2.60 bits per heavy atom. The quantitative estimate of drug-likeness (QED) is 0.821. The van der Waals surface area contributed by atoms with E-state index in [1.54, 1.807) is 0 Å². The minimum absolute atomic E-state index is 0.101. The number of nitrogens with zero attached hydrogens (tertiary/aromatic N) is 1. The van der Waals surface area contributed by atoms with Crippen LogP contribution in [-0.4, -0.2) is 18.6 Å². The van der Waals surface area contributed by atoms with Gasteiger partial charge in [-0.25, -0.2) is 13.5 Å². The summed E-state index contributed by atoms with van der Waals surface area (Å²) in [4.78, 5) is 0.221. The van der Waals surface area contributed by atoms with Crippen molar-refractivity contribution in [2.45, 2.75) is 24.3 Å². The topological polar surface area (TPSA) is 88.0 Å². The average molecular weight is 334 g/mol. The minimum Gasteiger partial charge on any atom is -0.412 e. The molecule has 2 aromatic rings. The van der Waals surface area contributed by atoms with Gasteiger partial charge in [-0.05, 0) is 42.9 Å². The smallest absolute Gasteiger partial charge is 0.284 e. The number of halogens is 1. The number of sulfonamides is 1. The molecular formula is C11H12ClN3O3S2. The van der Waals surface area contributed by atoms with Crippen molar-refractivity contribution >= 4 is 33.8 Å². The van der Waals surface area contributed by atoms with Gasteiger partial charge in [-0.2, -0.15) is 4.72 Å². The molecule has 1 heterocycles. The summed E-state index contributed by atoms with van der Waals surface area (Å²) in [7, 11) is -3.68. The molecule has 2 rings (SSSR count). The predicted molar refractivity (Wildman–Crippen MR) is 76.5 cm³/mol. The maximum Gasteiger partial charge on any atom is 0.284 e. The molecule has 6 nitrogen and oxygen atoms in total. The van der Waals surface area contributed by atoms with Crippen molar-refractivity contribution in [2.75, 3.05) is 0 Å². The van der Waals surface area contributed by atoms with Crippen LogP contribution >= 0.6 is 23.8 Å². The zero-order valence-corrected chi connectivity index (χ0v) is 12.8. The number of H-pyrrole nitrogens is 1. The van der Waals surface area contributed by atoms with E-state index in [0.717, 1.165) is 0 Å². The Labute approximate surface area is 126 Å². The molecule has 0 saturated carbocycles. The molecule has 108 valence electrons. The third-order valence-corrected chi connectivity index (χ3v) is 4.50. The standard InChI is InChI=1S/C11H12ClN3O3S2/c1-2-9(10-13-14-11(19)18-10)15-20(16,17)8-5-3-7(12)4-6-8/h3-6,9,15H,2H2,1H3,(H,14,19). The average Bonchev–Trinajstić information content (AvgIpc) is 2.83. The van der Waals surface area contributed by atoms with Crippen molar-refractivity contribution in [1.82, 2.24) is 14.9 Å². The van der Waals surface area contributed by atoms with Crippen LogP contribution in [0.2, 0.25) is 5.02 Å². The number of hydrogen-bond acceptors (Lipinski definition) is 5. The Morgan fingerprint density at radius 1 is 1.45 bits per heavy atom. The van der Waals surface area contributed by atoms with E-state index >= 15 is 0 Å². The fourth-order valence-electron chi connectivity index (χ4n) is 1.57. The number of benzene rings is 1. The lowest BCUT2D eigenvalue weighted by atomic mass is 10.2. The molecule has 0 aliphatic carbocycles. The van der Waals surface area contributed by atoms with Crippen molar-refractivity contribution in [1.29, 1.82) is 0 Å². The first kappa shape index (κ1) is 15.2. The van der Waals surface area contributed by atoms with Crippen molar-refractivity contribution in [2.24, 2.45) is 0 Å². The maximum atomic E-state index is 12.2. The van der Waals surface area contributed by atoms with Crippen LogP contribution in [0, 0.1) is 4.84 Å². The molecule has 2 N–H and O–H groups in total. The molecule has 1 unspecified atom stereocenters. The van der Waals surface area contributed by atoms with Gasteiger partial charge >= 0.3 is 0 Å². The summed E-state index contributed by atoms with van der Waals surface area (Å²) in [6, 6.07) is 5.28. The number of rotatable bonds is 5. The molecule has 9 heteroatoms. The highest BCUT2D eigenvalue weighted by Crippen LogP contribution is 2.19. The van der Waals surface area contributed by atoms with Gasteiger partial charge in [0.25, 0.3) is 4.84 Å². The molecule has 0 spiro atoms. The van der Waals surface area contributed by atoms with Crippen LogP contribution in [-0.2, 0) is 10.0 Å². The first-order valence-electron chi connectivity index (χ1n) is 5.75. The lowest BCUT2D eigenvalue weighted by Crippen LogP contribution is -2.28. The lowest BCUT2D eigenvalue weighted by Gasteiger charge is -2.13. The van der Waals surface area contributed by atoms with Gasteiger partial charge in [-0.3, -0.25) is 0 Å². The highest BCUT2D eigenvalue weighted by Gasteiger charge is 2.23. The first-order chi connectivity index (χ1) is 9.42. The molecule has 20 heavy (non-hydrogen) atoms. The van der Waals surface area contributed by atoms with Crippen LogP contribution in [0.5, 0.6) is 0 Å². The van der Waals surface area contributed by atoms with Gasteiger partial charge in [-0.1, -0.05) is 18.5 Å². The van der Waals surface area contributed by atoms with E-state index in [-0.39, 0.29) is 15.6 Å². The Balaban J connectivity index is 2.26. The van der Waals surface area contributed by atoms with E-state index in [1.165, 1.54) is 24.3 Å². The summed E-state index contributed by atoms with van der Waals surface area (Å²) in [5, 5.41) is 6.76. The molecule has 0 fully saturated rings. The molecule has 0 radical (unpaired) electrons. The molecule has 0 saturated heterocycles. The van der Waals surface area contributed by atoms with E-state index in [4.69, 9.17) is 28.2 Å². The van der Waals surface area contributed by atoms with E-state index in [0.29, 0.717) is 11.4 Å². The third kappa shape index (κ3) is 3.45. The van der Waals surface area contributed by atoms with Gasteiger partial charge in [0.2, 0.25) is 15.9 Å². The fraction of sp³-hybridized carbons (Fsp3) is 0.273. The number of hydrogen-bond donors (Lipinski definition) is 2. The summed E-state index contributed by atoms with van der Waals surface area (Å²) in [6.07, 6.45) is 0.468. The Bertz CT molecular complexity index is 737. The van der Waals surface area contributed by atoms with Gasteiger partial charge < -0.3 is 4.42 Å². The second-order valence-corrected chi connectivity index (χ2v) is 6.51. The van der Waals surface area contributed by atoms with Crippen LogP contribution in [0.4, 0.5) is 0 Å². The normalized spacial score (nSPS) is 13.3. The number of aromatic amines is 1. The largest absolute Gasteiger partial charge is 0.412 e. The van der Waals surface area contributed by atoms with Gasteiger partial charge in [0.1, 0.15) is 0 Å². The predicted octanol–water partition coefficient (Wildman–Crippen LogP) is 2.82. The van der Waals surface area contributed by atoms with Crippen molar-refractivity contribution in [3.8, 4) is 0 Å². The van der Waals surface area contributed by atoms with E-state index in [2.05, 4.69) is 14.9 Å². The molecule has 0 aliphatic heterocycles. The van der Waals surface area contributed by atoms with E-state index in [1.807, 2.05) is 6.92 Å². The summed E-state index contributed by atoms with van der Waals surface area (Å²) in [5.74, 6) is 0.204. The van der Waals surface area contributed by atoms with Crippen LogP contribution in [0.15, 0.2) is 33.6 Å². The van der Waals surface area contributed by atoms with Crippen molar-refractivity contribution in [3.05, 3.63) is 40.0 Å². The van der Waals surface area contributed by atoms with Crippen molar-refractivity contribution < 1.29 is 12.8 Å². The molecular weight excluding hydrogens is 322 g/mol. The zero-order chi connectivity index (χ0) is 14.8. The third-order valence-electron chi connectivity index (χ3n) is 2.58. The number of nitrogens with one attached hydrogen (secondary N) is 2. The fourth-order valence-corrected chi connectivity index (χ4v) is 3.10. The summed E-state index contributed by atoms with van der Waals surface area (Å²) in [6.45, 7) is 1.81. The molecule has 0 amide bonds. The highest BCUT2D eigenvalue weighted by molar-refractivity contribution is 7.89. The summed E-state index contributed by atoms with van der Waals surface area (Å²) >= 11 is 10.5. The summed E-state index contributed by atoms with van der Waals surface area (Å²) in [5.41, 5.74) is 0. The van der Waals surface area contributed by atoms with Gasteiger partial charge in [0, 0.05) is 5.02 Å². The molecule has 1 aromatic heterocycles. The molecule has 1 atom stereocenters. The molecule has 0 aliphatic rings. The monoisotopic (exact) mass is 333 g/mol. The van der Waals surface area contributed by atoms with Gasteiger partial charge in [0.15, 0.2) is 0 Å². The Kier molecular flexibility index (Phi) is 4.59. The van der Waals surface area contributed by atoms with Crippen LogP contribution in [0.3, 0.4) is 0 Å². The van der Waals surface area contributed by atoms with Crippen molar-refractivity contribution in [3.63, 3.8) is 0 Å². The Morgan fingerprint density at radius 2 is 2.10 bits per heavy atom. The molecule has 0 bridgehead atoms. The second kappa shape index (κ2) is 6.04. The van der Waals surface area contributed by atoms with Gasteiger partial charge in [0.05, 0.1) is 10.9 Å². The number of aromatic nitrogens is 2. The van der Waals surface area contributed by atoms with E-state index < -0.39 is 16.1 Å². The molecule has 1 aromatic carbocycles. The lowest BCUT2D eigenvalue weighted by molar-refractivity contribution is 0.414.